The average molecular weight is 282 g/mol. The minimum atomic E-state index is -3.71. The predicted molar refractivity (Wildman–Crippen MR) is 68.3 cm³/mol. The van der Waals surface area contributed by atoms with Crippen molar-refractivity contribution in [2.75, 3.05) is 6.54 Å². The highest BCUT2D eigenvalue weighted by atomic mass is 32.2. The van der Waals surface area contributed by atoms with Crippen LogP contribution in [0.25, 0.3) is 0 Å². The van der Waals surface area contributed by atoms with E-state index in [0.29, 0.717) is 0 Å². The fourth-order valence-corrected chi connectivity index (χ4v) is 2.68. The molecule has 1 aliphatic rings. The van der Waals surface area contributed by atoms with Crippen LogP contribution in [0.5, 0.6) is 0 Å². The lowest BCUT2D eigenvalue weighted by atomic mass is 10.4. The van der Waals surface area contributed by atoms with Gasteiger partial charge in [-0.1, -0.05) is 5.92 Å². The Morgan fingerprint density at radius 2 is 2.26 bits per heavy atom. The number of sulfonamides is 1. The van der Waals surface area contributed by atoms with E-state index in [1.807, 2.05) is 0 Å². The molecule has 2 rings (SSSR count). The minimum Gasteiger partial charge on any atom is -0.477 e. The van der Waals surface area contributed by atoms with Crippen LogP contribution in [0.4, 0.5) is 0 Å². The lowest BCUT2D eigenvalue weighted by Gasteiger charge is -2.02. The zero-order chi connectivity index (χ0) is 14.0. The van der Waals surface area contributed by atoms with Gasteiger partial charge in [0, 0.05) is 12.2 Å². The maximum Gasteiger partial charge on any atom is 0.352 e. The maximum atomic E-state index is 12.0. The Balaban J connectivity index is 2.31. The van der Waals surface area contributed by atoms with Crippen molar-refractivity contribution in [2.24, 2.45) is 0 Å². The van der Waals surface area contributed by atoms with Gasteiger partial charge in [0.1, 0.15) is 10.6 Å². The van der Waals surface area contributed by atoms with E-state index in [-0.39, 0.29) is 23.2 Å². The first-order valence-corrected chi connectivity index (χ1v) is 7.28. The molecule has 1 saturated carbocycles. The Morgan fingerprint density at radius 3 is 2.79 bits per heavy atom. The predicted octanol–water partition coefficient (Wildman–Crippen LogP) is 0.823. The number of carboxylic acids is 1. The molecule has 6 nitrogen and oxygen atoms in total. The second kappa shape index (κ2) is 5.07. The molecule has 0 amide bonds. The highest BCUT2D eigenvalue weighted by molar-refractivity contribution is 7.89. The summed E-state index contributed by atoms with van der Waals surface area (Å²) in [6.45, 7) is 1.62. The maximum absolute atomic E-state index is 12.0. The number of nitrogens with one attached hydrogen (secondary N) is 1. The number of hydrogen-bond acceptors (Lipinski definition) is 3. The van der Waals surface area contributed by atoms with Gasteiger partial charge in [-0.2, -0.15) is 4.72 Å². The van der Waals surface area contributed by atoms with Gasteiger partial charge in [0.2, 0.25) is 10.0 Å². The lowest BCUT2D eigenvalue weighted by molar-refractivity contribution is 0.0685. The molecule has 1 heterocycles. The van der Waals surface area contributed by atoms with Crippen molar-refractivity contribution in [1.29, 1.82) is 0 Å². The van der Waals surface area contributed by atoms with E-state index in [1.54, 1.807) is 6.92 Å². The van der Waals surface area contributed by atoms with E-state index >= 15 is 0 Å². The molecule has 19 heavy (non-hydrogen) atoms. The average Bonchev–Trinajstić information content (AvgIpc) is 3.07. The van der Waals surface area contributed by atoms with Crippen LogP contribution < -0.4 is 4.72 Å². The molecule has 1 aromatic rings. The Morgan fingerprint density at radius 1 is 1.58 bits per heavy atom. The molecular weight excluding hydrogens is 268 g/mol. The van der Waals surface area contributed by atoms with Crippen molar-refractivity contribution in [3.8, 4) is 11.8 Å². The Bertz CT molecular complexity index is 660. The van der Waals surface area contributed by atoms with Crippen molar-refractivity contribution in [3.05, 3.63) is 18.0 Å². The van der Waals surface area contributed by atoms with Crippen LogP contribution in [0.3, 0.4) is 0 Å². The first kappa shape index (κ1) is 13.6. The molecule has 1 aromatic heterocycles. The summed E-state index contributed by atoms with van der Waals surface area (Å²) in [5, 5.41) is 9.08. The summed E-state index contributed by atoms with van der Waals surface area (Å²) in [5.74, 6) is 4.05. The van der Waals surface area contributed by atoms with Crippen LogP contribution in [0.1, 0.15) is 36.3 Å². The molecule has 0 aromatic carbocycles. The molecular formula is C12H14N2O4S. The lowest BCUT2D eigenvalue weighted by Crippen LogP contribution is -2.23. The topological polar surface area (TPSA) is 88.4 Å². The smallest absolute Gasteiger partial charge is 0.352 e. The largest absolute Gasteiger partial charge is 0.477 e. The Labute approximate surface area is 111 Å². The fraction of sp³-hybridized carbons (Fsp3) is 0.417. The first-order valence-electron chi connectivity index (χ1n) is 5.80. The van der Waals surface area contributed by atoms with E-state index < -0.39 is 16.0 Å². The SMILES string of the molecule is CC#CCNS(=O)(=O)c1cc(C(=O)O)n(C2CC2)c1. The van der Waals surface area contributed by atoms with Gasteiger partial charge in [0.15, 0.2) is 0 Å². The highest BCUT2D eigenvalue weighted by Gasteiger charge is 2.30. The molecule has 0 aliphatic heterocycles. The van der Waals surface area contributed by atoms with Crippen LogP contribution in [0.15, 0.2) is 17.2 Å². The molecule has 2 N–H and O–H groups in total. The van der Waals surface area contributed by atoms with E-state index in [0.717, 1.165) is 12.8 Å². The van der Waals surface area contributed by atoms with Crippen LogP contribution in [-0.2, 0) is 10.0 Å². The second-order valence-electron chi connectivity index (χ2n) is 4.26. The van der Waals surface area contributed by atoms with Crippen molar-refractivity contribution in [1.82, 2.24) is 9.29 Å². The van der Waals surface area contributed by atoms with Gasteiger partial charge in [-0.25, -0.2) is 13.2 Å². The summed E-state index contributed by atoms with van der Waals surface area (Å²) >= 11 is 0. The zero-order valence-corrected chi connectivity index (χ0v) is 11.2. The summed E-state index contributed by atoms with van der Waals surface area (Å²) in [7, 11) is -3.71. The normalized spacial score (nSPS) is 14.8. The molecule has 0 atom stereocenters. The van der Waals surface area contributed by atoms with Gasteiger partial charge in [-0.15, -0.1) is 5.92 Å². The third kappa shape index (κ3) is 2.97. The molecule has 0 radical (unpaired) electrons. The molecule has 0 spiro atoms. The van der Waals surface area contributed by atoms with Crippen LogP contribution in [0, 0.1) is 11.8 Å². The standard InChI is InChI=1S/C12H14N2O4S/c1-2-3-6-13-19(17,18)10-7-11(12(15)16)14(8-10)9-4-5-9/h7-9,13H,4-6H2,1H3,(H,15,16). The summed E-state index contributed by atoms with van der Waals surface area (Å²) in [4.78, 5) is 11.1. The number of aromatic carboxylic acids is 1. The van der Waals surface area contributed by atoms with Gasteiger partial charge in [0.05, 0.1) is 6.54 Å². The minimum absolute atomic E-state index is 0.00412. The van der Waals surface area contributed by atoms with Gasteiger partial charge in [-0.3, -0.25) is 0 Å². The van der Waals surface area contributed by atoms with Gasteiger partial charge in [-0.05, 0) is 25.8 Å². The highest BCUT2D eigenvalue weighted by Crippen LogP contribution is 2.37. The Hall–Kier alpha value is -1.78. The molecule has 0 unspecified atom stereocenters. The molecule has 0 bridgehead atoms. The summed E-state index contributed by atoms with van der Waals surface area (Å²) in [6.07, 6.45) is 3.13. The number of carboxylic acid groups (broad SMARTS) is 1. The number of carbonyl (C=O) groups is 1. The summed E-state index contributed by atoms with van der Waals surface area (Å²) < 4.78 is 27.7. The molecule has 1 fully saturated rings. The quantitative estimate of drug-likeness (QED) is 0.783. The van der Waals surface area contributed by atoms with Gasteiger partial charge < -0.3 is 9.67 Å². The Kier molecular flexibility index (Phi) is 3.64. The number of hydrogen-bond donors (Lipinski definition) is 2. The van der Waals surface area contributed by atoms with Gasteiger partial charge >= 0.3 is 5.97 Å². The molecule has 1 aliphatic carbocycles. The summed E-state index contributed by atoms with van der Waals surface area (Å²) in [6, 6.07) is 1.29. The number of nitrogens with zero attached hydrogens (tertiary/aromatic N) is 1. The molecule has 0 saturated heterocycles. The third-order valence-corrected chi connectivity index (χ3v) is 4.19. The molecule has 7 heteroatoms. The zero-order valence-electron chi connectivity index (χ0n) is 10.4. The van der Waals surface area contributed by atoms with Gasteiger partial charge in [0.25, 0.3) is 0 Å². The van der Waals surface area contributed by atoms with Crippen LogP contribution >= 0.6 is 0 Å². The fourth-order valence-electron chi connectivity index (χ4n) is 1.73. The van der Waals surface area contributed by atoms with Crippen molar-refractivity contribution < 1.29 is 18.3 Å². The summed E-state index contributed by atoms with van der Waals surface area (Å²) in [5.41, 5.74) is 0.00412. The van der Waals surface area contributed by atoms with E-state index in [9.17, 15) is 13.2 Å². The first-order chi connectivity index (χ1) is 8.95. The van der Waals surface area contributed by atoms with E-state index in [1.165, 1.54) is 16.8 Å². The second-order valence-corrected chi connectivity index (χ2v) is 6.02. The number of aromatic nitrogens is 1. The monoisotopic (exact) mass is 282 g/mol. The van der Waals surface area contributed by atoms with Crippen LogP contribution in [-0.4, -0.2) is 30.6 Å². The third-order valence-electron chi connectivity index (χ3n) is 2.82. The van der Waals surface area contributed by atoms with E-state index in [2.05, 4.69) is 16.6 Å². The number of rotatable bonds is 5. The van der Waals surface area contributed by atoms with E-state index in [4.69, 9.17) is 5.11 Å². The molecule has 102 valence electrons. The van der Waals surface area contributed by atoms with Crippen molar-refractivity contribution in [3.63, 3.8) is 0 Å². The van der Waals surface area contributed by atoms with Crippen molar-refractivity contribution in [2.45, 2.75) is 30.7 Å². The van der Waals surface area contributed by atoms with Crippen LogP contribution in [0.2, 0.25) is 0 Å². The van der Waals surface area contributed by atoms with Crippen molar-refractivity contribution >= 4 is 16.0 Å².